The van der Waals surface area contributed by atoms with E-state index in [4.69, 9.17) is 0 Å². The first-order chi connectivity index (χ1) is 7.27. The molecule has 0 saturated heterocycles. The van der Waals surface area contributed by atoms with Crippen molar-refractivity contribution < 1.29 is 5.11 Å². The summed E-state index contributed by atoms with van der Waals surface area (Å²) in [7, 11) is 0. The van der Waals surface area contributed by atoms with Crippen molar-refractivity contribution in [3.8, 4) is 0 Å². The van der Waals surface area contributed by atoms with E-state index in [1.165, 1.54) is 4.88 Å². The highest BCUT2D eigenvalue weighted by Crippen LogP contribution is 2.27. The Bertz CT molecular complexity index is 429. The van der Waals surface area contributed by atoms with Crippen LogP contribution in [0.25, 0.3) is 0 Å². The van der Waals surface area contributed by atoms with Crippen LogP contribution in [0.5, 0.6) is 0 Å². The van der Waals surface area contributed by atoms with Gasteiger partial charge in [0.05, 0.1) is 6.10 Å². The third-order valence-corrected chi connectivity index (χ3v) is 4.11. The molecule has 0 radical (unpaired) electrons. The molecule has 0 spiro atoms. The Morgan fingerprint density at radius 2 is 2.07 bits per heavy atom. The van der Waals surface area contributed by atoms with Crippen molar-refractivity contribution in [1.29, 1.82) is 0 Å². The molecule has 0 aromatic carbocycles. The number of aliphatic hydroxyl groups excluding tert-OH is 1. The topological polar surface area (TPSA) is 33.1 Å². The molecule has 4 heteroatoms. The van der Waals surface area contributed by atoms with E-state index in [1.807, 2.05) is 23.6 Å². The number of rotatable bonds is 3. The fourth-order valence-electron chi connectivity index (χ4n) is 1.35. The van der Waals surface area contributed by atoms with Crippen molar-refractivity contribution in [3.63, 3.8) is 0 Å². The van der Waals surface area contributed by atoms with E-state index in [-0.39, 0.29) is 0 Å². The Kier molecular flexibility index (Phi) is 3.51. The maximum absolute atomic E-state index is 9.97. The number of thiophene rings is 1. The lowest BCUT2D eigenvalue weighted by molar-refractivity contribution is 0.179. The average molecular weight is 284 g/mol. The summed E-state index contributed by atoms with van der Waals surface area (Å²) in [4.78, 5) is 5.09. The molecular formula is C11H10BrNOS. The molecule has 1 N–H and O–H groups in total. The predicted molar refractivity (Wildman–Crippen MR) is 64.9 cm³/mol. The molecule has 2 rings (SSSR count). The van der Waals surface area contributed by atoms with Gasteiger partial charge in [0.15, 0.2) is 0 Å². The highest BCUT2D eigenvalue weighted by molar-refractivity contribution is 9.10. The lowest BCUT2D eigenvalue weighted by Gasteiger charge is -2.09. The summed E-state index contributed by atoms with van der Waals surface area (Å²) < 4.78 is 1.07. The van der Waals surface area contributed by atoms with E-state index in [0.717, 1.165) is 10.0 Å². The zero-order valence-corrected chi connectivity index (χ0v) is 10.3. The highest BCUT2D eigenvalue weighted by atomic mass is 79.9. The second kappa shape index (κ2) is 4.88. The first-order valence-electron chi connectivity index (χ1n) is 4.57. The largest absolute Gasteiger partial charge is 0.388 e. The van der Waals surface area contributed by atoms with Gasteiger partial charge in [0.2, 0.25) is 0 Å². The molecule has 0 fully saturated rings. The Morgan fingerprint density at radius 3 is 2.67 bits per heavy atom. The maximum Gasteiger partial charge on any atom is 0.0839 e. The van der Waals surface area contributed by atoms with Crippen LogP contribution in [0.4, 0.5) is 0 Å². The van der Waals surface area contributed by atoms with Gasteiger partial charge in [0.1, 0.15) is 0 Å². The zero-order valence-electron chi connectivity index (χ0n) is 7.93. The number of nitrogens with zero attached hydrogens (tertiary/aromatic N) is 1. The Morgan fingerprint density at radius 1 is 1.33 bits per heavy atom. The summed E-state index contributed by atoms with van der Waals surface area (Å²) in [6, 6.07) is 5.68. The van der Waals surface area contributed by atoms with Crippen LogP contribution in [0.15, 0.2) is 40.4 Å². The summed E-state index contributed by atoms with van der Waals surface area (Å²) in [6.45, 7) is 0. The fourth-order valence-corrected chi connectivity index (χ4v) is 2.90. The van der Waals surface area contributed by atoms with Gasteiger partial charge in [0, 0.05) is 28.2 Å². The van der Waals surface area contributed by atoms with E-state index in [9.17, 15) is 5.11 Å². The number of hydrogen-bond donors (Lipinski definition) is 1. The molecule has 0 bridgehead atoms. The lowest BCUT2D eigenvalue weighted by atomic mass is 10.1. The first-order valence-corrected chi connectivity index (χ1v) is 6.24. The predicted octanol–water partition coefficient (Wildman–Crippen LogP) is 3.18. The van der Waals surface area contributed by atoms with Crippen molar-refractivity contribution in [1.82, 2.24) is 4.98 Å². The van der Waals surface area contributed by atoms with Crippen LogP contribution in [0, 0.1) is 0 Å². The zero-order chi connectivity index (χ0) is 10.7. The average Bonchev–Trinajstić information content (AvgIpc) is 2.66. The summed E-state index contributed by atoms with van der Waals surface area (Å²) in [6.07, 6.45) is 3.58. The third-order valence-electron chi connectivity index (χ3n) is 2.16. The van der Waals surface area contributed by atoms with Crippen molar-refractivity contribution >= 4 is 27.3 Å². The standard InChI is InChI=1S/C11H10BrNOS/c12-9-3-6-15-11(9)7-10(14)8-1-4-13-5-2-8/h1-6,10,14H,7H2. The van der Waals surface area contributed by atoms with Crippen LogP contribution in [0.2, 0.25) is 0 Å². The fraction of sp³-hybridized carbons (Fsp3) is 0.182. The van der Waals surface area contributed by atoms with E-state index in [1.54, 1.807) is 23.7 Å². The quantitative estimate of drug-likeness (QED) is 0.939. The number of aromatic nitrogens is 1. The molecule has 0 aliphatic rings. The van der Waals surface area contributed by atoms with Crippen LogP contribution in [0.1, 0.15) is 16.5 Å². The summed E-state index contributed by atoms with van der Waals surface area (Å²) in [5.41, 5.74) is 0.908. The molecule has 0 amide bonds. The molecule has 1 atom stereocenters. The molecule has 2 aromatic rings. The maximum atomic E-state index is 9.97. The molecule has 0 aliphatic heterocycles. The summed E-state index contributed by atoms with van der Waals surface area (Å²) in [5.74, 6) is 0. The van der Waals surface area contributed by atoms with E-state index in [0.29, 0.717) is 6.42 Å². The minimum absolute atomic E-state index is 0.456. The van der Waals surface area contributed by atoms with Crippen molar-refractivity contribution in [2.24, 2.45) is 0 Å². The van der Waals surface area contributed by atoms with Gasteiger partial charge in [-0.1, -0.05) is 0 Å². The van der Waals surface area contributed by atoms with Gasteiger partial charge in [-0.3, -0.25) is 4.98 Å². The van der Waals surface area contributed by atoms with Crippen molar-refractivity contribution in [2.75, 3.05) is 0 Å². The van der Waals surface area contributed by atoms with Gasteiger partial charge in [-0.2, -0.15) is 0 Å². The van der Waals surface area contributed by atoms with E-state index in [2.05, 4.69) is 20.9 Å². The van der Waals surface area contributed by atoms with Crippen molar-refractivity contribution in [2.45, 2.75) is 12.5 Å². The van der Waals surface area contributed by atoms with Gasteiger partial charge in [0.25, 0.3) is 0 Å². The summed E-state index contributed by atoms with van der Waals surface area (Å²) in [5, 5.41) is 12.0. The SMILES string of the molecule is OC(Cc1sccc1Br)c1ccncc1. The van der Waals surface area contributed by atoms with Gasteiger partial charge in [-0.15, -0.1) is 11.3 Å². The monoisotopic (exact) mass is 283 g/mol. The molecule has 0 saturated carbocycles. The normalized spacial score (nSPS) is 12.7. The second-order valence-corrected chi connectivity index (χ2v) is 5.05. The van der Waals surface area contributed by atoms with Gasteiger partial charge in [-0.05, 0) is 45.1 Å². The molecule has 2 heterocycles. The molecule has 2 nitrogen and oxygen atoms in total. The number of pyridine rings is 1. The van der Waals surface area contributed by atoms with Crippen LogP contribution in [-0.2, 0) is 6.42 Å². The minimum Gasteiger partial charge on any atom is -0.388 e. The van der Waals surface area contributed by atoms with Crippen LogP contribution < -0.4 is 0 Å². The number of hydrogen-bond acceptors (Lipinski definition) is 3. The molecule has 1 unspecified atom stereocenters. The molecular weight excluding hydrogens is 274 g/mol. The minimum atomic E-state index is -0.456. The molecule has 2 aromatic heterocycles. The van der Waals surface area contributed by atoms with E-state index < -0.39 is 6.10 Å². The molecule has 15 heavy (non-hydrogen) atoms. The third kappa shape index (κ3) is 2.65. The van der Waals surface area contributed by atoms with Gasteiger partial charge >= 0.3 is 0 Å². The van der Waals surface area contributed by atoms with Gasteiger partial charge in [-0.25, -0.2) is 0 Å². The van der Waals surface area contributed by atoms with Crippen molar-refractivity contribution in [3.05, 3.63) is 50.9 Å². The van der Waals surface area contributed by atoms with Gasteiger partial charge < -0.3 is 5.11 Å². The molecule has 78 valence electrons. The molecule has 0 aliphatic carbocycles. The highest BCUT2D eigenvalue weighted by Gasteiger charge is 2.11. The van der Waals surface area contributed by atoms with Crippen LogP contribution >= 0.6 is 27.3 Å². The number of aliphatic hydroxyl groups is 1. The second-order valence-electron chi connectivity index (χ2n) is 3.19. The smallest absolute Gasteiger partial charge is 0.0839 e. The lowest BCUT2D eigenvalue weighted by Crippen LogP contribution is -2.00. The van der Waals surface area contributed by atoms with E-state index >= 15 is 0 Å². The number of halogens is 1. The van der Waals surface area contributed by atoms with Crippen LogP contribution in [0.3, 0.4) is 0 Å². The Labute approximate surface area is 101 Å². The first kappa shape index (κ1) is 10.8. The van der Waals surface area contributed by atoms with Crippen LogP contribution in [-0.4, -0.2) is 10.1 Å². The Balaban J connectivity index is 2.11. The summed E-state index contributed by atoms with van der Waals surface area (Å²) >= 11 is 5.10. The Hall–Kier alpha value is -0.710.